The quantitative estimate of drug-likeness (QED) is 0.279. The maximum absolute atomic E-state index is 13.5. The second kappa shape index (κ2) is 11.0. The fourth-order valence-electron chi connectivity index (χ4n) is 3.31. The molecular weight excluding hydrogens is 468 g/mol. The van der Waals surface area contributed by atoms with Crippen molar-refractivity contribution in [3.63, 3.8) is 0 Å². The molecule has 1 fully saturated rings. The smallest absolute Gasteiger partial charge is 0.271 e. The zero-order valence-electron chi connectivity index (χ0n) is 18.4. The SMILES string of the molecule is C#CCOc1c(Cl)cc(/C=C2\SC(=Nc3ccccc3)N(c3ccccc3)C2=O)cc1OCC. The Morgan fingerprint density at radius 2 is 1.79 bits per heavy atom. The number of para-hydroxylation sites is 2. The average molecular weight is 489 g/mol. The van der Waals surface area contributed by atoms with Crippen LogP contribution in [0.5, 0.6) is 11.5 Å². The Bertz CT molecular complexity index is 1280. The molecule has 1 amide bonds. The van der Waals surface area contributed by atoms with E-state index in [1.165, 1.54) is 11.8 Å². The van der Waals surface area contributed by atoms with Gasteiger partial charge in [-0.3, -0.25) is 9.69 Å². The molecule has 170 valence electrons. The lowest BCUT2D eigenvalue weighted by Gasteiger charge is -2.15. The number of amidine groups is 1. The summed E-state index contributed by atoms with van der Waals surface area (Å²) in [6.45, 7) is 2.36. The van der Waals surface area contributed by atoms with Gasteiger partial charge in [0, 0.05) is 0 Å². The summed E-state index contributed by atoms with van der Waals surface area (Å²) < 4.78 is 11.3. The number of hydrogen-bond donors (Lipinski definition) is 0. The molecule has 0 aromatic heterocycles. The highest BCUT2D eigenvalue weighted by atomic mass is 35.5. The van der Waals surface area contributed by atoms with Gasteiger partial charge in [0.15, 0.2) is 16.7 Å². The van der Waals surface area contributed by atoms with E-state index in [9.17, 15) is 4.79 Å². The Hall–Kier alpha value is -3.66. The van der Waals surface area contributed by atoms with Crippen molar-refractivity contribution in [3.05, 3.63) is 88.3 Å². The number of halogens is 1. The molecule has 0 bridgehead atoms. The van der Waals surface area contributed by atoms with Gasteiger partial charge in [0.05, 0.1) is 27.9 Å². The number of rotatable bonds is 7. The normalized spacial score (nSPS) is 15.6. The van der Waals surface area contributed by atoms with Crippen LogP contribution in [0.1, 0.15) is 12.5 Å². The highest BCUT2D eigenvalue weighted by molar-refractivity contribution is 8.19. The van der Waals surface area contributed by atoms with Crippen molar-refractivity contribution in [3.8, 4) is 23.8 Å². The van der Waals surface area contributed by atoms with E-state index in [1.54, 1.807) is 23.1 Å². The van der Waals surface area contributed by atoms with Crippen LogP contribution in [-0.4, -0.2) is 24.3 Å². The van der Waals surface area contributed by atoms with Gasteiger partial charge in [-0.15, -0.1) is 6.42 Å². The number of carbonyl (C=O) groups excluding carboxylic acids is 1. The second-order valence-electron chi connectivity index (χ2n) is 7.07. The first kappa shape index (κ1) is 23.5. The van der Waals surface area contributed by atoms with Gasteiger partial charge in [-0.25, -0.2) is 4.99 Å². The van der Waals surface area contributed by atoms with E-state index in [0.717, 1.165) is 11.4 Å². The monoisotopic (exact) mass is 488 g/mol. The fourth-order valence-corrected chi connectivity index (χ4v) is 4.58. The molecule has 4 rings (SSSR count). The van der Waals surface area contributed by atoms with E-state index >= 15 is 0 Å². The molecular formula is C27H21ClN2O3S. The van der Waals surface area contributed by atoms with Crippen LogP contribution in [-0.2, 0) is 4.79 Å². The van der Waals surface area contributed by atoms with Crippen molar-refractivity contribution < 1.29 is 14.3 Å². The Balaban J connectivity index is 1.74. The summed E-state index contributed by atoms with van der Waals surface area (Å²) in [6.07, 6.45) is 7.08. The molecule has 0 atom stereocenters. The summed E-state index contributed by atoms with van der Waals surface area (Å²) in [6, 6.07) is 22.5. The predicted octanol–water partition coefficient (Wildman–Crippen LogP) is 6.56. The molecule has 0 unspecified atom stereocenters. The fraction of sp³-hybridized carbons (Fsp3) is 0.111. The summed E-state index contributed by atoms with van der Waals surface area (Å²) in [5.41, 5.74) is 2.20. The first-order valence-electron chi connectivity index (χ1n) is 10.6. The van der Waals surface area contributed by atoms with Gasteiger partial charge in [0.2, 0.25) is 0 Å². The number of amides is 1. The lowest BCUT2D eigenvalue weighted by molar-refractivity contribution is -0.113. The minimum absolute atomic E-state index is 0.0694. The second-order valence-corrected chi connectivity index (χ2v) is 8.49. The molecule has 1 aliphatic heterocycles. The number of carbonyl (C=O) groups is 1. The minimum atomic E-state index is -0.173. The molecule has 5 nitrogen and oxygen atoms in total. The number of nitrogens with zero attached hydrogens (tertiary/aromatic N) is 2. The molecule has 1 saturated heterocycles. The average Bonchev–Trinajstić information content (AvgIpc) is 3.14. The molecule has 34 heavy (non-hydrogen) atoms. The van der Waals surface area contributed by atoms with E-state index in [0.29, 0.717) is 38.8 Å². The van der Waals surface area contributed by atoms with E-state index in [-0.39, 0.29) is 12.5 Å². The lowest BCUT2D eigenvalue weighted by atomic mass is 10.1. The van der Waals surface area contributed by atoms with Crippen LogP contribution in [0.4, 0.5) is 11.4 Å². The standard InChI is InChI=1S/C27H21ClN2O3S/c1-3-15-33-25-22(28)16-19(17-23(25)32-4-2)18-24-26(31)30(21-13-9-6-10-14-21)27(34-24)29-20-11-7-5-8-12-20/h1,5-14,16-18H,4,15H2,2H3/b24-18-,29-27?. The number of benzene rings is 3. The third kappa shape index (κ3) is 5.28. The summed E-state index contributed by atoms with van der Waals surface area (Å²) in [5.74, 6) is 3.09. The number of thioether (sulfide) groups is 1. The molecule has 3 aromatic carbocycles. The number of terminal acetylenes is 1. The van der Waals surface area contributed by atoms with Crippen molar-refractivity contribution in [2.45, 2.75) is 6.92 Å². The van der Waals surface area contributed by atoms with Crippen molar-refractivity contribution in [2.24, 2.45) is 4.99 Å². The Morgan fingerprint density at radius 1 is 1.09 bits per heavy atom. The van der Waals surface area contributed by atoms with E-state index in [2.05, 4.69) is 5.92 Å². The van der Waals surface area contributed by atoms with E-state index in [1.807, 2.05) is 67.6 Å². The van der Waals surface area contributed by atoms with Crippen LogP contribution >= 0.6 is 23.4 Å². The zero-order valence-corrected chi connectivity index (χ0v) is 20.0. The van der Waals surface area contributed by atoms with Gasteiger partial charge in [0.1, 0.15) is 6.61 Å². The Labute approximate surface area is 208 Å². The third-order valence-corrected chi connectivity index (χ3v) is 5.98. The van der Waals surface area contributed by atoms with Crippen LogP contribution in [0.25, 0.3) is 6.08 Å². The largest absolute Gasteiger partial charge is 0.490 e. The number of anilines is 1. The third-order valence-electron chi connectivity index (χ3n) is 4.73. The molecule has 1 aliphatic rings. The summed E-state index contributed by atoms with van der Waals surface area (Å²) >= 11 is 7.76. The summed E-state index contributed by atoms with van der Waals surface area (Å²) in [4.78, 5) is 20.3. The molecule has 3 aromatic rings. The molecule has 0 N–H and O–H groups in total. The van der Waals surface area contributed by atoms with Gasteiger partial charge in [-0.2, -0.15) is 0 Å². The van der Waals surface area contributed by atoms with E-state index < -0.39 is 0 Å². The van der Waals surface area contributed by atoms with Crippen molar-refractivity contribution >= 4 is 51.9 Å². The van der Waals surface area contributed by atoms with Gasteiger partial charge in [-0.1, -0.05) is 53.9 Å². The number of aliphatic imine (C=N–C) groups is 1. The molecule has 0 radical (unpaired) electrons. The van der Waals surface area contributed by atoms with Crippen LogP contribution in [0.2, 0.25) is 5.02 Å². The van der Waals surface area contributed by atoms with Crippen molar-refractivity contribution in [1.29, 1.82) is 0 Å². The van der Waals surface area contributed by atoms with Crippen LogP contribution in [0, 0.1) is 12.3 Å². The maximum Gasteiger partial charge on any atom is 0.271 e. The molecule has 7 heteroatoms. The Kier molecular flexibility index (Phi) is 7.58. The Morgan fingerprint density at radius 3 is 2.47 bits per heavy atom. The molecule has 1 heterocycles. The first-order valence-corrected chi connectivity index (χ1v) is 11.8. The first-order chi connectivity index (χ1) is 16.6. The zero-order chi connectivity index (χ0) is 23.9. The highest BCUT2D eigenvalue weighted by Gasteiger charge is 2.34. The van der Waals surface area contributed by atoms with Crippen molar-refractivity contribution in [1.82, 2.24) is 0 Å². The van der Waals surface area contributed by atoms with Gasteiger partial charge < -0.3 is 9.47 Å². The number of ether oxygens (including phenoxy) is 2. The van der Waals surface area contributed by atoms with Crippen LogP contribution in [0.15, 0.2) is 82.7 Å². The highest BCUT2D eigenvalue weighted by Crippen LogP contribution is 2.40. The maximum atomic E-state index is 13.5. The molecule has 0 saturated carbocycles. The van der Waals surface area contributed by atoms with Crippen LogP contribution in [0.3, 0.4) is 0 Å². The van der Waals surface area contributed by atoms with Gasteiger partial charge in [0.25, 0.3) is 5.91 Å². The van der Waals surface area contributed by atoms with Gasteiger partial charge in [-0.05, 0) is 66.7 Å². The topological polar surface area (TPSA) is 51.1 Å². The van der Waals surface area contributed by atoms with Crippen LogP contribution < -0.4 is 14.4 Å². The molecule has 0 spiro atoms. The van der Waals surface area contributed by atoms with E-state index in [4.69, 9.17) is 32.5 Å². The lowest BCUT2D eigenvalue weighted by Crippen LogP contribution is -2.28. The summed E-state index contributed by atoms with van der Waals surface area (Å²) in [5, 5.41) is 0.917. The minimum Gasteiger partial charge on any atom is -0.490 e. The van der Waals surface area contributed by atoms with Crippen molar-refractivity contribution in [2.75, 3.05) is 18.1 Å². The molecule has 0 aliphatic carbocycles. The predicted molar refractivity (Wildman–Crippen MR) is 140 cm³/mol. The summed E-state index contributed by atoms with van der Waals surface area (Å²) in [7, 11) is 0. The number of hydrogen-bond acceptors (Lipinski definition) is 5. The van der Waals surface area contributed by atoms with Gasteiger partial charge >= 0.3 is 0 Å².